The van der Waals surface area contributed by atoms with Gasteiger partial charge >= 0.3 is 0 Å². The standard InChI is InChI=1S/C14H15BrN2/c1-9-4-3-5-13(14(9)15)17-11-6-7-12(16)10(2)8-11/h3-8,17H,16H2,1-2H3. The smallest absolute Gasteiger partial charge is 0.0531 e. The molecule has 2 nitrogen and oxygen atoms in total. The van der Waals surface area contributed by atoms with Crippen LogP contribution in [0.3, 0.4) is 0 Å². The molecule has 0 atom stereocenters. The van der Waals surface area contributed by atoms with Crippen LogP contribution in [0.1, 0.15) is 11.1 Å². The summed E-state index contributed by atoms with van der Waals surface area (Å²) in [4.78, 5) is 0. The Labute approximate surface area is 110 Å². The number of hydrogen-bond donors (Lipinski definition) is 2. The molecule has 0 saturated heterocycles. The third kappa shape index (κ3) is 2.61. The maximum Gasteiger partial charge on any atom is 0.0531 e. The monoisotopic (exact) mass is 290 g/mol. The summed E-state index contributed by atoms with van der Waals surface area (Å²) in [6.45, 7) is 4.08. The summed E-state index contributed by atoms with van der Waals surface area (Å²) in [5, 5.41) is 3.38. The Balaban J connectivity index is 2.31. The van der Waals surface area contributed by atoms with Crippen LogP contribution in [0.4, 0.5) is 17.1 Å². The van der Waals surface area contributed by atoms with E-state index < -0.39 is 0 Å². The zero-order chi connectivity index (χ0) is 12.4. The second-order valence-corrected chi connectivity index (χ2v) is 4.93. The Bertz CT molecular complexity index is 550. The summed E-state index contributed by atoms with van der Waals surface area (Å²) < 4.78 is 1.09. The van der Waals surface area contributed by atoms with E-state index in [-0.39, 0.29) is 0 Å². The van der Waals surface area contributed by atoms with Crippen LogP contribution in [0, 0.1) is 13.8 Å². The Hall–Kier alpha value is -1.48. The molecule has 0 aliphatic rings. The van der Waals surface area contributed by atoms with Crippen LogP contribution in [0.15, 0.2) is 40.9 Å². The normalized spacial score (nSPS) is 10.3. The van der Waals surface area contributed by atoms with Gasteiger partial charge in [-0.05, 0) is 65.2 Å². The fourth-order valence-electron chi connectivity index (χ4n) is 1.65. The maximum atomic E-state index is 5.80. The predicted octanol–water partition coefficient (Wildman–Crippen LogP) is 4.39. The molecule has 3 heteroatoms. The Kier molecular flexibility index (Phi) is 3.38. The van der Waals surface area contributed by atoms with Crippen molar-refractivity contribution < 1.29 is 0 Å². The zero-order valence-corrected chi connectivity index (χ0v) is 11.5. The lowest BCUT2D eigenvalue weighted by molar-refractivity contribution is 1.40. The highest BCUT2D eigenvalue weighted by Gasteiger charge is 2.03. The van der Waals surface area contributed by atoms with E-state index in [0.29, 0.717) is 0 Å². The minimum absolute atomic E-state index is 0.818. The van der Waals surface area contributed by atoms with Gasteiger partial charge in [-0.15, -0.1) is 0 Å². The van der Waals surface area contributed by atoms with Gasteiger partial charge in [-0.2, -0.15) is 0 Å². The van der Waals surface area contributed by atoms with E-state index in [1.54, 1.807) is 0 Å². The first-order valence-corrected chi connectivity index (χ1v) is 6.25. The Morgan fingerprint density at radius 1 is 1.06 bits per heavy atom. The highest BCUT2D eigenvalue weighted by atomic mass is 79.9. The van der Waals surface area contributed by atoms with Gasteiger partial charge in [0.05, 0.1) is 5.69 Å². The molecule has 17 heavy (non-hydrogen) atoms. The van der Waals surface area contributed by atoms with Crippen LogP contribution in [0.25, 0.3) is 0 Å². The van der Waals surface area contributed by atoms with Crippen molar-refractivity contribution in [3.8, 4) is 0 Å². The molecule has 0 aliphatic carbocycles. The number of benzene rings is 2. The summed E-state index contributed by atoms with van der Waals surface area (Å²) >= 11 is 3.58. The summed E-state index contributed by atoms with van der Waals surface area (Å²) in [7, 11) is 0. The lowest BCUT2D eigenvalue weighted by Gasteiger charge is -2.11. The van der Waals surface area contributed by atoms with E-state index in [2.05, 4.69) is 34.2 Å². The first-order valence-electron chi connectivity index (χ1n) is 5.46. The summed E-state index contributed by atoms with van der Waals surface area (Å²) in [6.07, 6.45) is 0. The number of aryl methyl sites for hydroxylation is 2. The number of nitrogens with two attached hydrogens (primary N) is 1. The van der Waals surface area contributed by atoms with E-state index in [1.807, 2.05) is 37.3 Å². The fourth-order valence-corrected chi connectivity index (χ4v) is 2.02. The number of nitrogens with one attached hydrogen (secondary N) is 1. The average molecular weight is 291 g/mol. The van der Waals surface area contributed by atoms with Gasteiger partial charge in [-0.1, -0.05) is 12.1 Å². The molecule has 0 spiro atoms. The number of hydrogen-bond acceptors (Lipinski definition) is 2. The van der Waals surface area contributed by atoms with Crippen molar-refractivity contribution in [3.05, 3.63) is 52.0 Å². The van der Waals surface area contributed by atoms with Crippen molar-refractivity contribution in [1.29, 1.82) is 0 Å². The van der Waals surface area contributed by atoms with E-state index in [0.717, 1.165) is 27.1 Å². The van der Waals surface area contributed by atoms with Gasteiger partial charge < -0.3 is 11.1 Å². The topological polar surface area (TPSA) is 38.0 Å². The molecule has 2 rings (SSSR count). The quantitative estimate of drug-likeness (QED) is 0.805. The minimum Gasteiger partial charge on any atom is -0.399 e. The van der Waals surface area contributed by atoms with Gasteiger partial charge in [0.25, 0.3) is 0 Å². The van der Waals surface area contributed by atoms with Gasteiger partial charge in [-0.3, -0.25) is 0 Å². The molecule has 0 radical (unpaired) electrons. The van der Waals surface area contributed by atoms with Gasteiger partial charge in [0.15, 0.2) is 0 Å². The van der Waals surface area contributed by atoms with Crippen molar-refractivity contribution in [2.45, 2.75) is 13.8 Å². The van der Waals surface area contributed by atoms with E-state index in [1.165, 1.54) is 5.56 Å². The van der Waals surface area contributed by atoms with Crippen molar-refractivity contribution in [1.82, 2.24) is 0 Å². The molecule has 2 aromatic carbocycles. The van der Waals surface area contributed by atoms with Gasteiger partial charge in [-0.25, -0.2) is 0 Å². The van der Waals surface area contributed by atoms with Crippen molar-refractivity contribution in [2.75, 3.05) is 11.1 Å². The molecule has 88 valence electrons. The van der Waals surface area contributed by atoms with Crippen LogP contribution in [0.5, 0.6) is 0 Å². The van der Waals surface area contributed by atoms with Gasteiger partial charge in [0, 0.05) is 15.8 Å². The van der Waals surface area contributed by atoms with E-state index >= 15 is 0 Å². The third-order valence-corrected chi connectivity index (χ3v) is 3.79. The second-order valence-electron chi connectivity index (χ2n) is 4.13. The van der Waals surface area contributed by atoms with Gasteiger partial charge in [0.2, 0.25) is 0 Å². The average Bonchev–Trinajstić information content (AvgIpc) is 2.30. The zero-order valence-electron chi connectivity index (χ0n) is 9.92. The van der Waals surface area contributed by atoms with Crippen LogP contribution >= 0.6 is 15.9 Å². The number of anilines is 3. The van der Waals surface area contributed by atoms with Gasteiger partial charge in [0.1, 0.15) is 0 Å². The molecule has 3 N–H and O–H groups in total. The van der Waals surface area contributed by atoms with E-state index in [4.69, 9.17) is 5.73 Å². The van der Waals surface area contributed by atoms with Crippen LogP contribution in [0.2, 0.25) is 0 Å². The van der Waals surface area contributed by atoms with Crippen LogP contribution in [-0.2, 0) is 0 Å². The van der Waals surface area contributed by atoms with Crippen LogP contribution < -0.4 is 11.1 Å². The molecule has 0 bridgehead atoms. The molecular weight excluding hydrogens is 276 g/mol. The van der Waals surface area contributed by atoms with Crippen molar-refractivity contribution in [2.24, 2.45) is 0 Å². The molecule has 0 aliphatic heterocycles. The minimum atomic E-state index is 0.818. The number of rotatable bonds is 2. The summed E-state index contributed by atoms with van der Waals surface area (Å²) in [5.74, 6) is 0. The predicted molar refractivity (Wildman–Crippen MR) is 77.8 cm³/mol. The molecular formula is C14H15BrN2. The molecule has 2 aromatic rings. The molecule has 0 aromatic heterocycles. The third-order valence-electron chi connectivity index (χ3n) is 2.74. The fraction of sp³-hybridized carbons (Fsp3) is 0.143. The van der Waals surface area contributed by atoms with Crippen molar-refractivity contribution in [3.63, 3.8) is 0 Å². The maximum absolute atomic E-state index is 5.80. The number of nitrogen functional groups attached to an aromatic ring is 1. The molecule has 0 fully saturated rings. The molecule has 0 amide bonds. The lowest BCUT2D eigenvalue weighted by Crippen LogP contribution is -1.95. The lowest BCUT2D eigenvalue weighted by atomic mass is 10.1. The van der Waals surface area contributed by atoms with Crippen LogP contribution in [-0.4, -0.2) is 0 Å². The molecule has 0 saturated carbocycles. The molecule has 0 unspecified atom stereocenters. The Morgan fingerprint density at radius 3 is 2.53 bits per heavy atom. The first-order chi connectivity index (χ1) is 8.08. The first kappa shape index (κ1) is 12.0. The molecule has 0 heterocycles. The number of halogens is 1. The summed E-state index contributed by atoms with van der Waals surface area (Å²) in [5.41, 5.74) is 11.0. The highest BCUT2D eigenvalue weighted by molar-refractivity contribution is 9.10. The van der Waals surface area contributed by atoms with E-state index in [9.17, 15) is 0 Å². The van der Waals surface area contributed by atoms with Crippen molar-refractivity contribution >= 4 is 33.0 Å². The summed E-state index contributed by atoms with van der Waals surface area (Å²) in [6, 6.07) is 12.1. The largest absolute Gasteiger partial charge is 0.399 e. The highest BCUT2D eigenvalue weighted by Crippen LogP contribution is 2.29. The Morgan fingerprint density at radius 2 is 1.82 bits per heavy atom. The SMILES string of the molecule is Cc1cc(Nc2cccc(C)c2Br)ccc1N. The second kappa shape index (κ2) is 4.80.